The zero-order valence-corrected chi connectivity index (χ0v) is 13.5. The standard InChI is InChI=1S/C16H25N3S/c1-12(2)14-4-6-15(7-5-14)13(3)18-8-10-19(11-9-18)16(17)20/h4-7,12-13H,8-11H2,1-3H3,(H2,17,20)/t13-/m0/s1. The third-order valence-corrected chi connectivity index (χ3v) is 4.52. The molecule has 0 spiro atoms. The monoisotopic (exact) mass is 291 g/mol. The van der Waals surface area contributed by atoms with Crippen molar-refractivity contribution < 1.29 is 0 Å². The number of nitrogens with zero attached hydrogens (tertiary/aromatic N) is 2. The van der Waals surface area contributed by atoms with Crippen LogP contribution in [0.3, 0.4) is 0 Å². The van der Waals surface area contributed by atoms with E-state index in [1.54, 1.807) is 0 Å². The van der Waals surface area contributed by atoms with E-state index in [2.05, 4.69) is 54.8 Å². The van der Waals surface area contributed by atoms with Gasteiger partial charge in [-0.1, -0.05) is 38.1 Å². The van der Waals surface area contributed by atoms with Crippen molar-refractivity contribution >= 4 is 17.3 Å². The highest BCUT2D eigenvalue weighted by Gasteiger charge is 2.22. The highest BCUT2D eigenvalue weighted by atomic mass is 32.1. The molecule has 0 aliphatic carbocycles. The van der Waals surface area contributed by atoms with Crippen molar-refractivity contribution in [1.29, 1.82) is 0 Å². The van der Waals surface area contributed by atoms with Crippen LogP contribution in [0.4, 0.5) is 0 Å². The van der Waals surface area contributed by atoms with Gasteiger partial charge in [0.05, 0.1) is 0 Å². The molecule has 2 rings (SSSR count). The molecule has 1 aromatic rings. The molecule has 1 heterocycles. The first-order valence-electron chi connectivity index (χ1n) is 7.37. The molecule has 1 fully saturated rings. The number of benzene rings is 1. The quantitative estimate of drug-likeness (QED) is 0.868. The van der Waals surface area contributed by atoms with Crippen LogP contribution in [0.25, 0.3) is 0 Å². The van der Waals surface area contributed by atoms with Crippen LogP contribution < -0.4 is 5.73 Å². The Balaban J connectivity index is 1.98. The third-order valence-electron chi connectivity index (χ3n) is 4.26. The van der Waals surface area contributed by atoms with Gasteiger partial charge in [-0.2, -0.15) is 0 Å². The van der Waals surface area contributed by atoms with Gasteiger partial charge in [0.2, 0.25) is 0 Å². The summed E-state index contributed by atoms with van der Waals surface area (Å²) < 4.78 is 0. The van der Waals surface area contributed by atoms with E-state index in [0.717, 1.165) is 26.2 Å². The Morgan fingerprint density at radius 2 is 1.50 bits per heavy atom. The lowest BCUT2D eigenvalue weighted by Gasteiger charge is -2.38. The minimum atomic E-state index is 0.449. The average Bonchev–Trinajstić information content (AvgIpc) is 2.46. The number of piperazine rings is 1. The maximum atomic E-state index is 5.68. The molecule has 0 radical (unpaired) electrons. The minimum absolute atomic E-state index is 0.449. The zero-order valence-electron chi connectivity index (χ0n) is 12.7. The maximum Gasteiger partial charge on any atom is 0.166 e. The zero-order chi connectivity index (χ0) is 14.7. The second-order valence-electron chi connectivity index (χ2n) is 5.86. The number of rotatable bonds is 3. The van der Waals surface area contributed by atoms with Gasteiger partial charge in [-0.3, -0.25) is 4.90 Å². The Hall–Kier alpha value is -1.13. The number of nitrogens with two attached hydrogens (primary N) is 1. The molecule has 1 saturated heterocycles. The smallest absolute Gasteiger partial charge is 0.166 e. The topological polar surface area (TPSA) is 32.5 Å². The summed E-state index contributed by atoms with van der Waals surface area (Å²) in [5.41, 5.74) is 8.47. The van der Waals surface area contributed by atoms with Crippen LogP contribution in [-0.4, -0.2) is 41.1 Å². The van der Waals surface area contributed by atoms with E-state index in [-0.39, 0.29) is 0 Å². The summed E-state index contributed by atoms with van der Waals surface area (Å²) in [7, 11) is 0. The van der Waals surface area contributed by atoms with Gasteiger partial charge in [0.25, 0.3) is 0 Å². The van der Waals surface area contributed by atoms with Crippen molar-refractivity contribution in [1.82, 2.24) is 9.80 Å². The van der Waals surface area contributed by atoms with Gasteiger partial charge in [0.1, 0.15) is 0 Å². The van der Waals surface area contributed by atoms with Gasteiger partial charge < -0.3 is 10.6 Å². The third kappa shape index (κ3) is 3.49. The van der Waals surface area contributed by atoms with Crippen molar-refractivity contribution in [2.24, 2.45) is 5.73 Å². The first kappa shape index (κ1) is 15.3. The van der Waals surface area contributed by atoms with Crippen LogP contribution in [0.15, 0.2) is 24.3 Å². The summed E-state index contributed by atoms with van der Waals surface area (Å²) in [5.74, 6) is 0.591. The van der Waals surface area contributed by atoms with E-state index in [1.807, 2.05) is 0 Å². The summed E-state index contributed by atoms with van der Waals surface area (Å²) in [5, 5.41) is 0.526. The Bertz CT molecular complexity index is 447. The first-order chi connectivity index (χ1) is 9.49. The van der Waals surface area contributed by atoms with Crippen LogP contribution in [0, 0.1) is 0 Å². The van der Waals surface area contributed by atoms with E-state index in [9.17, 15) is 0 Å². The van der Waals surface area contributed by atoms with Crippen molar-refractivity contribution in [3.05, 3.63) is 35.4 Å². The van der Waals surface area contributed by atoms with Crippen molar-refractivity contribution in [2.45, 2.75) is 32.7 Å². The summed E-state index contributed by atoms with van der Waals surface area (Å²) >= 11 is 5.04. The molecule has 110 valence electrons. The van der Waals surface area contributed by atoms with E-state index >= 15 is 0 Å². The summed E-state index contributed by atoms with van der Waals surface area (Å²) in [6.45, 7) is 10.6. The predicted molar refractivity (Wildman–Crippen MR) is 88.9 cm³/mol. The minimum Gasteiger partial charge on any atom is -0.376 e. The van der Waals surface area contributed by atoms with Crippen LogP contribution >= 0.6 is 12.2 Å². The van der Waals surface area contributed by atoms with Gasteiger partial charge in [0, 0.05) is 32.2 Å². The molecule has 2 N–H and O–H groups in total. The lowest BCUT2D eigenvalue weighted by atomic mass is 9.99. The summed E-state index contributed by atoms with van der Waals surface area (Å²) in [6.07, 6.45) is 0. The molecule has 0 bridgehead atoms. The second-order valence-corrected chi connectivity index (χ2v) is 6.28. The van der Waals surface area contributed by atoms with Gasteiger partial charge in [-0.15, -0.1) is 0 Å². The molecular formula is C16H25N3S. The Labute approximate surface area is 127 Å². The van der Waals surface area contributed by atoms with Crippen molar-refractivity contribution in [2.75, 3.05) is 26.2 Å². The summed E-state index contributed by atoms with van der Waals surface area (Å²) in [6, 6.07) is 9.48. The predicted octanol–water partition coefficient (Wildman–Crippen LogP) is 2.73. The molecular weight excluding hydrogens is 266 g/mol. The Morgan fingerprint density at radius 3 is 1.95 bits per heavy atom. The first-order valence-corrected chi connectivity index (χ1v) is 7.78. The molecule has 20 heavy (non-hydrogen) atoms. The maximum absolute atomic E-state index is 5.68. The highest BCUT2D eigenvalue weighted by molar-refractivity contribution is 7.80. The van der Waals surface area contributed by atoms with Gasteiger partial charge in [0.15, 0.2) is 5.11 Å². The summed E-state index contributed by atoms with van der Waals surface area (Å²) in [4.78, 5) is 4.58. The SMILES string of the molecule is CC(C)c1ccc([C@H](C)N2CCN(C(N)=S)CC2)cc1. The second kappa shape index (κ2) is 6.55. The Kier molecular flexibility index (Phi) is 5.00. The molecule has 1 aliphatic heterocycles. The molecule has 1 aromatic carbocycles. The number of thiocarbonyl (C=S) groups is 1. The molecule has 1 atom stereocenters. The highest BCUT2D eigenvalue weighted by Crippen LogP contribution is 2.23. The van der Waals surface area contributed by atoms with Crippen molar-refractivity contribution in [3.8, 4) is 0 Å². The lowest BCUT2D eigenvalue weighted by molar-refractivity contribution is 0.141. The van der Waals surface area contributed by atoms with E-state index < -0.39 is 0 Å². The van der Waals surface area contributed by atoms with E-state index in [0.29, 0.717) is 17.1 Å². The normalized spacial score (nSPS) is 18.3. The van der Waals surface area contributed by atoms with Gasteiger partial charge in [-0.05, 0) is 36.2 Å². The lowest BCUT2D eigenvalue weighted by Crippen LogP contribution is -2.50. The molecule has 0 saturated carbocycles. The van der Waals surface area contributed by atoms with Crippen LogP contribution in [-0.2, 0) is 0 Å². The van der Waals surface area contributed by atoms with Gasteiger partial charge in [-0.25, -0.2) is 0 Å². The number of hydrogen-bond donors (Lipinski definition) is 1. The number of hydrogen-bond acceptors (Lipinski definition) is 2. The van der Waals surface area contributed by atoms with Crippen LogP contribution in [0.2, 0.25) is 0 Å². The molecule has 4 heteroatoms. The fraction of sp³-hybridized carbons (Fsp3) is 0.562. The molecule has 0 unspecified atom stereocenters. The molecule has 0 aromatic heterocycles. The van der Waals surface area contributed by atoms with Crippen LogP contribution in [0.1, 0.15) is 43.9 Å². The van der Waals surface area contributed by atoms with Crippen molar-refractivity contribution in [3.63, 3.8) is 0 Å². The fourth-order valence-corrected chi connectivity index (χ4v) is 2.88. The molecule has 1 aliphatic rings. The Morgan fingerprint density at radius 1 is 1.00 bits per heavy atom. The van der Waals surface area contributed by atoms with E-state index in [4.69, 9.17) is 18.0 Å². The van der Waals surface area contributed by atoms with Crippen LogP contribution in [0.5, 0.6) is 0 Å². The molecule has 0 amide bonds. The average molecular weight is 291 g/mol. The van der Waals surface area contributed by atoms with Gasteiger partial charge >= 0.3 is 0 Å². The largest absolute Gasteiger partial charge is 0.376 e. The fourth-order valence-electron chi connectivity index (χ4n) is 2.70. The molecule has 3 nitrogen and oxygen atoms in total. The van der Waals surface area contributed by atoms with E-state index in [1.165, 1.54) is 11.1 Å².